The monoisotopic (exact) mass is 486 g/mol. The number of hydrogen-bond acceptors (Lipinski definition) is 7. The highest BCUT2D eigenvalue weighted by Gasteiger charge is 2.37. The van der Waals surface area contributed by atoms with Gasteiger partial charge in [-0.1, -0.05) is 11.2 Å². The van der Waals surface area contributed by atoms with Crippen molar-refractivity contribution in [3.63, 3.8) is 0 Å². The summed E-state index contributed by atoms with van der Waals surface area (Å²) in [6, 6.07) is 5.42. The number of rotatable bonds is 6. The standard InChI is InChI=1S/C19H23BrN2O6S/c1-12-18(13(2)28-21-12)29(24,25)22-8-4-5-15(10-22)19(23)27-11-14-6-7-17(26-3)16(20)9-14/h6-7,9,15H,4-5,8,10-11H2,1-3H3. The van der Waals surface area contributed by atoms with Crippen LogP contribution in [0.5, 0.6) is 5.75 Å². The molecule has 1 unspecified atom stereocenters. The summed E-state index contributed by atoms with van der Waals surface area (Å²) in [7, 11) is -2.20. The summed E-state index contributed by atoms with van der Waals surface area (Å²) in [5, 5.41) is 3.73. The number of aryl methyl sites for hydroxylation is 2. The number of piperidine rings is 1. The number of carbonyl (C=O) groups is 1. The van der Waals surface area contributed by atoms with E-state index in [1.54, 1.807) is 27.0 Å². The fraction of sp³-hybridized carbons (Fsp3) is 0.474. The number of ether oxygens (including phenoxy) is 2. The lowest BCUT2D eigenvalue weighted by atomic mass is 10.00. The Labute approximate surface area is 178 Å². The summed E-state index contributed by atoms with van der Waals surface area (Å²) >= 11 is 3.40. The molecule has 29 heavy (non-hydrogen) atoms. The first-order chi connectivity index (χ1) is 13.7. The lowest BCUT2D eigenvalue weighted by Gasteiger charge is -2.30. The molecule has 0 saturated carbocycles. The fourth-order valence-electron chi connectivity index (χ4n) is 3.40. The van der Waals surface area contributed by atoms with Crippen LogP contribution in [0, 0.1) is 19.8 Å². The van der Waals surface area contributed by atoms with E-state index < -0.39 is 21.9 Å². The van der Waals surface area contributed by atoms with Crippen molar-refractivity contribution in [3.8, 4) is 5.75 Å². The molecule has 2 aromatic rings. The van der Waals surface area contributed by atoms with E-state index >= 15 is 0 Å². The van der Waals surface area contributed by atoms with Crippen LogP contribution >= 0.6 is 15.9 Å². The number of halogens is 1. The van der Waals surface area contributed by atoms with Crippen LogP contribution in [0.3, 0.4) is 0 Å². The molecule has 8 nitrogen and oxygen atoms in total. The van der Waals surface area contributed by atoms with Gasteiger partial charge in [0.25, 0.3) is 0 Å². The zero-order valence-electron chi connectivity index (χ0n) is 16.5. The molecular weight excluding hydrogens is 464 g/mol. The van der Waals surface area contributed by atoms with E-state index in [1.165, 1.54) is 4.31 Å². The van der Waals surface area contributed by atoms with Gasteiger partial charge in [-0.25, -0.2) is 8.42 Å². The minimum atomic E-state index is -3.78. The lowest BCUT2D eigenvalue weighted by Crippen LogP contribution is -2.43. The normalized spacial score (nSPS) is 17.9. The molecule has 0 aliphatic carbocycles. The third-order valence-electron chi connectivity index (χ3n) is 4.88. The molecule has 10 heteroatoms. The van der Waals surface area contributed by atoms with Crippen molar-refractivity contribution in [2.24, 2.45) is 5.92 Å². The third-order valence-corrected chi connectivity index (χ3v) is 7.61. The summed E-state index contributed by atoms with van der Waals surface area (Å²) in [5.74, 6) is 0.0149. The number of sulfonamides is 1. The van der Waals surface area contributed by atoms with Crippen molar-refractivity contribution >= 4 is 31.9 Å². The molecule has 158 valence electrons. The van der Waals surface area contributed by atoms with E-state index in [1.807, 2.05) is 12.1 Å². The predicted octanol–water partition coefficient (Wildman–Crippen LogP) is 3.21. The van der Waals surface area contributed by atoms with Crippen LogP contribution in [0.15, 0.2) is 32.1 Å². The average molecular weight is 487 g/mol. The van der Waals surface area contributed by atoms with Gasteiger partial charge in [-0.15, -0.1) is 0 Å². The second-order valence-electron chi connectivity index (χ2n) is 6.93. The number of nitrogens with zero attached hydrogens (tertiary/aromatic N) is 2. The number of methoxy groups -OCH3 is 1. The Morgan fingerprint density at radius 3 is 2.76 bits per heavy atom. The van der Waals surface area contributed by atoms with Crippen LogP contribution in [0.1, 0.15) is 29.9 Å². The van der Waals surface area contributed by atoms with Gasteiger partial charge in [0.2, 0.25) is 10.0 Å². The Morgan fingerprint density at radius 2 is 2.14 bits per heavy atom. The number of carbonyl (C=O) groups excluding carboxylic acids is 1. The molecule has 1 aromatic heterocycles. The maximum Gasteiger partial charge on any atom is 0.310 e. The molecule has 3 rings (SSSR count). The first-order valence-electron chi connectivity index (χ1n) is 9.16. The SMILES string of the molecule is COc1ccc(COC(=O)C2CCCN(S(=O)(=O)c3c(C)noc3C)C2)cc1Br. The quantitative estimate of drug-likeness (QED) is 0.577. The van der Waals surface area contributed by atoms with Crippen molar-refractivity contribution in [1.82, 2.24) is 9.46 Å². The van der Waals surface area contributed by atoms with Gasteiger partial charge in [0, 0.05) is 13.1 Å². The maximum absolute atomic E-state index is 13.0. The van der Waals surface area contributed by atoms with Crippen molar-refractivity contribution in [2.45, 2.75) is 38.2 Å². The fourth-order valence-corrected chi connectivity index (χ4v) is 5.80. The molecule has 1 aromatic carbocycles. The van der Waals surface area contributed by atoms with Crippen LogP contribution < -0.4 is 4.74 Å². The Morgan fingerprint density at radius 1 is 1.38 bits per heavy atom. The van der Waals surface area contributed by atoms with E-state index in [0.717, 1.165) is 10.0 Å². The zero-order chi connectivity index (χ0) is 21.2. The Hall–Kier alpha value is -1.91. The lowest BCUT2D eigenvalue weighted by molar-refractivity contribution is -0.151. The number of benzene rings is 1. The number of esters is 1. The van der Waals surface area contributed by atoms with Gasteiger partial charge >= 0.3 is 5.97 Å². The number of aromatic nitrogens is 1. The van der Waals surface area contributed by atoms with Gasteiger partial charge in [-0.3, -0.25) is 4.79 Å². The van der Waals surface area contributed by atoms with E-state index in [0.29, 0.717) is 30.8 Å². The molecule has 0 radical (unpaired) electrons. The van der Waals surface area contributed by atoms with Crippen LogP contribution in [0.4, 0.5) is 0 Å². The van der Waals surface area contributed by atoms with Crippen LogP contribution in [0.25, 0.3) is 0 Å². The molecular formula is C19H23BrN2O6S. The second kappa shape index (κ2) is 8.85. The Kier molecular flexibility index (Phi) is 6.65. The summed E-state index contributed by atoms with van der Waals surface area (Å²) < 4.78 is 43.7. The van der Waals surface area contributed by atoms with E-state index in [2.05, 4.69) is 21.1 Å². The maximum atomic E-state index is 13.0. The summed E-state index contributed by atoms with van der Waals surface area (Å²) in [5.41, 5.74) is 1.12. The Balaban J connectivity index is 1.66. The van der Waals surface area contributed by atoms with Crippen molar-refractivity contribution in [3.05, 3.63) is 39.7 Å². The van der Waals surface area contributed by atoms with Gasteiger partial charge in [0.15, 0.2) is 5.76 Å². The zero-order valence-corrected chi connectivity index (χ0v) is 18.9. The molecule has 0 bridgehead atoms. The largest absolute Gasteiger partial charge is 0.496 e. The van der Waals surface area contributed by atoms with Gasteiger partial charge < -0.3 is 14.0 Å². The molecule has 1 aliphatic heterocycles. The molecule has 1 aliphatic rings. The van der Waals surface area contributed by atoms with E-state index in [4.69, 9.17) is 14.0 Å². The van der Waals surface area contributed by atoms with Gasteiger partial charge in [-0.2, -0.15) is 4.31 Å². The highest BCUT2D eigenvalue weighted by molar-refractivity contribution is 9.10. The van der Waals surface area contributed by atoms with Gasteiger partial charge in [0.1, 0.15) is 22.9 Å². The Bertz CT molecular complexity index is 985. The third kappa shape index (κ3) is 4.65. The first kappa shape index (κ1) is 21.8. The van der Waals surface area contributed by atoms with Crippen molar-refractivity contribution < 1.29 is 27.2 Å². The number of hydrogen-bond donors (Lipinski definition) is 0. The highest BCUT2D eigenvalue weighted by atomic mass is 79.9. The molecule has 0 amide bonds. The molecule has 0 N–H and O–H groups in total. The van der Waals surface area contributed by atoms with Crippen LogP contribution in [-0.4, -0.2) is 44.0 Å². The van der Waals surface area contributed by atoms with E-state index in [-0.39, 0.29) is 23.8 Å². The van der Waals surface area contributed by atoms with Crippen molar-refractivity contribution in [1.29, 1.82) is 0 Å². The topological polar surface area (TPSA) is 98.9 Å². The summed E-state index contributed by atoms with van der Waals surface area (Å²) in [6.45, 7) is 3.69. The minimum Gasteiger partial charge on any atom is -0.496 e. The summed E-state index contributed by atoms with van der Waals surface area (Å²) in [6.07, 6.45) is 1.16. The van der Waals surface area contributed by atoms with Crippen molar-refractivity contribution in [2.75, 3.05) is 20.2 Å². The molecule has 1 fully saturated rings. The van der Waals surface area contributed by atoms with Crippen LogP contribution in [-0.2, 0) is 26.2 Å². The second-order valence-corrected chi connectivity index (χ2v) is 9.66. The van der Waals surface area contributed by atoms with E-state index in [9.17, 15) is 13.2 Å². The molecule has 1 atom stereocenters. The predicted molar refractivity (Wildman–Crippen MR) is 108 cm³/mol. The highest BCUT2D eigenvalue weighted by Crippen LogP contribution is 2.29. The molecule has 1 saturated heterocycles. The summed E-state index contributed by atoms with van der Waals surface area (Å²) in [4.78, 5) is 12.6. The first-order valence-corrected chi connectivity index (χ1v) is 11.4. The van der Waals surface area contributed by atoms with Crippen LogP contribution in [0.2, 0.25) is 0 Å². The minimum absolute atomic E-state index is 0.0783. The van der Waals surface area contributed by atoms with Gasteiger partial charge in [0.05, 0.1) is 17.5 Å². The smallest absolute Gasteiger partial charge is 0.310 e. The van der Waals surface area contributed by atoms with Gasteiger partial charge in [-0.05, 0) is 60.3 Å². The molecule has 0 spiro atoms. The molecule has 2 heterocycles. The average Bonchev–Trinajstić information content (AvgIpc) is 3.05.